The summed E-state index contributed by atoms with van der Waals surface area (Å²) in [7, 11) is -3.44. The highest BCUT2D eigenvalue weighted by atomic mass is 79.9. The third-order valence-electron chi connectivity index (χ3n) is 2.68. The van der Waals surface area contributed by atoms with E-state index in [4.69, 9.17) is 0 Å². The third kappa shape index (κ3) is 3.79. The molecule has 0 bridgehead atoms. The van der Waals surface area contributed by atoms with Crippen LogP contribution in [0.4, 0.5) is 0 Å². The van der Waals surface area contributed by atoms with Crippen LogP contribution in [0.5, 0.6) is 0 Å². The first-order chi connectivity index (χ1) is 7.88. The van der Waals surface area contributed by atoms with Gasteiger partial charge in [0.1, 0.15) is 0 Å². The third-order valence-corrected chi connectivity index (χ3v) is 5.18. The second kappa shape index (κ2) is 5.98. The van der Waals surface area contributed by atoms with Crippen molar-refractivity contribution in [2.45, 2.75) is 38.1 Å². The lowest BCUT2D eigenvalue weighted by Crippen LogP contribution is -2.38. The first-order valence-electron chi connectivity index (χ1n) is 5.65. The molecule has 0 saturated carbocycles. The Morgan fingerprint density at radius 2 is 1.88 bits per heavy atom. The Morgan fingerprint density at radius 1 is 1.29 bits per heavy atom. The SMILES string of the molecule is CCC(NS(=O)(=O)c1ccccc1Br)C(C)C. The molecule has 1 aromatic carbocycles. The fraction of sp³-hybridized carbons (Fsp3) is 0.500. The summed E-state index contributed by atoms with van der Waals surface area (Å²) >= 11 is 3.26. The lowest BCUT2D eigenvalue weighted by molar-refractivity contribution is 0.437. The van der Waals surface area contributed by atoms with E-state index in [1.807, 2.05) is 20.8 Å². The Balaban J connectivity index is 3.01. The van der Waals surface area contributed by atoms with Gasteiger partial charge in [-0.1, -0.05) is 32.9 Å². The van der Waals surface area contributed by atoms with E-state index in [0.717, 1.165) is 6.42 Å². The smallest absolute Gasteiger partial charge is 0.208 e. The van der Waals surface area contributed by atoms with Gasteiger partial charge in [0.2, 0.25) is 10.0 Å². The molecule has 0 heterocycles. The van der Waals surface area contributed by atoms with Crippen molar-refractivity contribution < 1.29 is 8.42 Å². The molecule has 1 N–H and O–H groups in total. The second-order valence-corrected chi connectivity index (χ2v) is 6.85. The molecule has 0 saturated heterocycles. The topological polar surface area (TPSA) is 46.2 Å². The van der Waals surface area contributed by atoms with Crippen molar-refractivity contribution in [2.24, 2.45) is 5.92 Å². The van der Waals surface area contributed by atoms with Gasteiger partial charge < -0.3 is 0 Å². The minimum absolute atomic E-state index is 0.0351. The number of benzene rings is 1. The van der Waals surface area contributed by atoms with E-state index in [9.17, 15) is 8.42 Å². The molecule has 0 aromatic heterocycles. The zero-order valence-corrected chi connectivity index (χ0v) is 12.7. The molecule has 0 aliphatic carbocycles. The molecule has 3 nitrogen and oxygen atoms in total. The normalized spacial score (nSPS) is 13.9. The Labute approximate surface area is 112 Å². The highest BCUT2D eigenvalue weighted by Crippen LogP contribution is 2.22. The number of rotatable bonds is 5. The molecule has 0 fully saturated rings. The van der Waals surface area contributed by atoms with E-state index in [1.54, 1.807) is 24.3 Å². The van der Waals surface area contributed by atoms with Gasteiger partial charge >= 0.3 is 0 Å². The van der Waals surface area contributed by atoms with Gasteiger partial charge in [-0.15, -0.1) is 0 Å². The van der Waals surface area contributed by atoms with Gasteiger partial charge in [-0.3, -0.25) is 0 Å². The zero-order valence-electron chi connectivity index (χ0n) is 10.3. The van der Waals surface area contributed by atoms with Crippen molar-refractivity contribution in [1.82, 2.24) is 4.72 Å². The molecule has 17 heavy (non-hydrogen) atoms. The molecule has 1 aromatic rings. The van der Waals surface area contributed by atoms with Crippen LogP contribution in [0.3, 0.4) is 0 Å². The highest BCUT2D eigenvalue weighted by molar-refractivity contribution is 9.10. The lowest BCUT2D eigenvalue weighted by atomic mass is 10.0. The quantitative estimate of drug-likeness (QED) is 0.906. The minimum atomic E-state index is -3.44. The van der Waals surface area contributed by atoms with Crippen LogP contribution >= 0.6 is 15.9 Å². The van der Waals surface area contributed by atoms with Gasteiger partial charge in [-0.05, 0) is 40.4 Å². The van der Waals surface area contributed by atoms with Gasteiger partial charge in [-0.25, -0.2) is 13.1 Å². The summed E-state index contributed by atoms with van der Waals surface area (Å²) in [5.41, 5.74) is 0. The molecular weight excluding hydrogens is 302 g/mol. The molecule has 0 amide bonds. The van der Waals surface area contributed by atoms with E-state index in [2.05, 4.69) is 20.7 Å². The molecule has 1 rings (SSSR count). The van der Waals surface area contributed by atoms with E-state index in [1.165, 1.54) is 0 Å². The van der Waals surface area contributed by atoms with E-state index in [-0.39, 0.29) is 12.0 Å². The van der Waals surface area contributed by atoms with E-state index >= 15 is 0 Å². The molecule has 1 atom stereocenters. The fourth-order valence-electron chi connectivity index (χ4n) is 1.62. The molecule has 0 radical (unpaired) electrons. The first-order valence-corrected chi connectivity index (χ1v) is 7.93. The second-order valence-electron chi connectivity index (χ2n) is 4.31. The fourth-order valence-corrected chi connectivity index (χ4v) is 4.09. The first kappa shape index (κ1) is 14.7. The van der Waals surface area contributed by atoms with Crippen molar-refractivity contribution in [2.75, 3.05) is 0 Å². The van der Waals surface area contributed by atoms with E-state index < -0.39 is 10.0 Å². The maximum Gasteiger partial charge on any atom is 0.241 e. The standard InChI is InChI=1S/C12H18BrNO2S/c1-4-11(9(2)3)14-17(15,16)12-8-6-5-7-10(12)13/h5-9,11,14H,4H2,1-3H3. The monoisotopic (exact) mass is 319 g/mol. The summed E-state index contributed by atoms with van der Waals surface area (Å²) in [5.74, 6) is 0.275. The van der Waals surface area contributed by atoms with Crippen LogP contribution < -0.4 is 4.72 Å². The van der Waals surface area contributed by atoms with Crippen molar-refractivity contribution in [3.05, 3.63) is 28.7 Å². The number of nitrogens with one attached hydrogen (secondary N) is 1. The summed E-state index contributed by atoms with van der Waals surface area (Å²) in [6.07, 6.45) is 0.779. The van der Waals surface area contributed by atoms with Crippen LogP contribution in [0.1, 0.15) is 27.2 Å². The maximum absolute atomic E-state index is 12.2. The average molecular weight is 320 g/mol. The average Bonchev–Trinajstić information content (AvgIpc) is 2.26. The van der Waals surface area contributed by atoms with Crippen molar-refractivity contribution in [3.8, 4) is 0 Å². The Morgan fingerprint density at radius 3 is 2.35 bits per heavy atom. The summed E-state index contributed by atoms with van der Waals surface area (Å²) in [5, 5.41) is 0. The summed E-state index contributed by atoms with van der Waals surface area (Å²) < 4.78 is 27.7. The molecule has 1 unspecified atom stereocenters. The van der Waals surface area contributed by atoms with Crippen LogP contribution in [0.25, 0.3) is 0 Å². The summed E-state index contributed by atoms with van der Waals surface area (Å²) in [6, 6.07) is 6.80. The van der Waals surface area contributed by atoms with Gasteiger partial charge in [0.05, 0.1) is 4.90 Å². The maximum atomic E-state index is 12.2. The molecule has 0 aliphatic rings. The molecule has 5 heteroatoms. The summed E-state index contributed by atoms with van der Waals surface area (Å²) in [6.45, 7) is 6.00. The van der Waals surface area contributed by atoms with Crippen molar-refractivity contribution in [3.63, 3.8) is 0 Å². The number of hydrogen-bond donors (Lipinski definition) is 1. The van der Waals surface area contributed by atoms with Gasteiger partial charge in [0.25, 0.3) is 0 Å². The van der Waals surface area contributed by atoms with Crippen LogP contribution in [0.15, 0.2) is 33.6 Å². The van der Waals surface area contributed by atoms with Crippen molar-refractivity contribution >= 4 is 26.0 Å². The molecule has 0 aliphatic heterocycles. The summed E-state index contributed by atoms with van der Waals surface area (Å²) in [4.78, 5) is 0.291. The Kier molecular flexibility index (Phi) is 5.16. The number of halogens is 1. The van der Waals surface area contributed by atoms with Crippen LogP contribution in [0.2, 0.25) is 0 Å². The van der Waals surface area contributed by atoms with E-state index in [0.29, 0.717) is 9.37 Å². The van der Waals surface area contributed by atoms with Gasteiger partial charge in [-0.2, -0.15) is 0 Å². The molecule has 0 spiro atoms. The van der Waals surface area contributed by atoms with Gasteiger partial charge in [0.15, 0.2) is 0 Å². The predicted molar refractivity (Wildman–Crippen MR) is 73.4 cm³/mol. The molecular formula is C12H18BrNO2S. The van der Waals surface area contributed by atoms with Crippen molar-refractivity contribution in [1.29, 1.82) is 0 Å². The zero-order chi connectivity index (χ0) is 13.1. The minimum Gasteiger partial charge on any atom is -0.208 e. The van der Waals surface area contributed by atoms with Gasteiger partial charge in [0, 0.05) is 10.5 Å². The Hall–Kier alpha value is -0.390. The predicted octanol–water partition coefficient (Wildman–Crippen LogP) is 3.16. The highest BCUT2D eigenvalue weighted by Gasteiger charge is 2.22. The van der Waals surface area contributed by atoms with Crippen LogP contribution in [-0.4, -0.2) is 14.5 Å². The number of sulfonamides is 1. The lowest BCUT2D eigenvalue weighted by Gasteiger charge is -2.20. The van der Waals surface area contributed by atoms with Crippen LogP contribution in [-0.2, 0) is 10.0 Å². The molecule has 96 valence electrons. The largest absolute Gasteiger partial charge is 0.241 e. The van der Waals surface area contributed by atoms with Crippen LogP contribution in [0, 0.1) is 5.92 Å². The Bertz CT molecular complexity index is 471. The number of hydrogen-bond acceptors (Lipinski definition) is 2.